The van der Waals surface area contributed by atoms with Gasteiger partial charge >= 0.3 is 0 Å². The number of thioether (sulfide) groups is 1. The maximum absolute atomic E-state index is 4.60. The fourth-order valence-electron chi connectivity index (χ4n) is 2.09. The molecule has 104 valence electrons. The molecule has 0 radical (unpaired) electrons. The molecule has 0 amide bonds. The van der Waals surface area contributed by atoms with Crippen LogP contribution in [0.25, 0.3) is 0 Å². The summed E-state index contributed by atoms with van der Waals surface area (Å²) in [7, 11) is 0. The van der Waals surface area contributed by atoms with Crippen molar-refractivity contribution in [3.8, 4) is 0 Å². The average Bonchev–Trinajstić information content (AvgIpc) is 2.67. The van der Waals surface area contributed by atoms with Crippen LogP contribution < -0.4 is 5.32 Å². The Hall–Kier alpha value is -0.0600. The Bertz CT molecular complexity index is 337. The zero-order chi connectivity index (χ0) is 13.4. The van der Waals surface area contributed by atoms with Gasteiger partial charge in [-0.25, -0.2) is 4.98 Å². The molecule has 0 aromatic carbocycles. The fraction of sp³-hybridized carbons (Fsp3) is 0.786. The van der Waals surface area contributed by atoms with E-state index in [-0.39, 0.29) is 0 Å². The molecule has 0 bridgehead atoms. The lowest BCUT2D eigenvalue weighted by Crippen LogP contribution is -2.20. The Morgan fingerprint density at radius 1 is 1.22 bits per heavy atom. The van der Waals surface area contributed by atoms with Gasteiger partial charge in [0.25, 0.3) is 0 Å². The molecule has 0 saturated carbocycles. The first-order valence-electron chi connectivity index (χ1n) is 6.81. The maximum Gasteiger partial charge on any atom is 0.0900 e. The van der Waals surface area contributed by atoms with Crippen molar-refractivity contribution in [1.29, 1.82) is 0 Å². The molecule has 1 aromatic rings. The first-order valence-corrected chi connectivity index (χ1v) is 9.02. The summed E-state index contributed by atoms with van der Waals surface area (Å²) in [6.45, 7) is 7.58. The minimum absolute atomic E-state index is 0.390. The molecule has 0 saturated heterocycles. The number of thiazole rings is 1. The number of nitrogens with zero attached hydrogens (tertiary/aromatic N) is 1. The van der Waals surface area contributed by atoms with Gasteiger partial charge in [-0.2, -0.15) is 11.8 Å². The van der Waals surface area contributed by atoms with Gasteiger partial charge in [0.15, 0.2) is 0 Å². The monoisotopic (exact) mass is 286 g/mol. The third-order valence-electron chi connectivity index (χ3n) is 3.08. The average molecular weight is 287 g/mol. The second-order valence-electron chi connectivity index (χ2n) is 4.76. The molecule has 1 atom stereocenters. The summed E-state index contributed by atoms with van der Waals surface area (Å²) in [6, 6.07) is 0.390. The van der Waals surface area contributed by atoms with Crippen LogP contribution >= 0.6 is 23.1 Å². The van der Waals surface area contributed by atoms with Crippen LogP contribution in [0.2, 0.25) is 0 Å². The van der Waals surface area contributed by atoms with Gasteiger partial charge in [-0.15, -0.1) is 11.3 Å². The first-order chi connectivity index (χ1) is 8.65. The summed E-state index contributed by atoms with van der Waals surface area (Å²) in [5, 5.41) is 4.76. The van der Waals surface area contributed by atoms with E-state index in [1.165, 1.54) is 47.0 Å². The Labute approximate surface area is 120 Å². The maximum atomic E-state index is 4.60. The molecule has 0 fully saturated rings. The fourth-order valence-corrected chi connectivity index (χ4v) is 3.49. The van der Waals surface area contributed by atoms with Crippen LogP contribution in [0.3, 0.4) is 0 Å². The Balaban J connectivity index is 2.14. The van der Waals surface area contributed by atoms with E-state index in [4.69, 9.17) is 0 Å². The molecule has 0 spiro atoms. The lowest BCUT2D eigenvalue weighted by molar-refractivity contribution is 0.528. The highest BCUT2D eigenvalue weighted by Crippen LogP contribution is 2.22. The Kier molecular flexibility index (Phi) is 7.95. The molecule has 1 N–H and O–H groups in total. The van der Waals surface area contributed by atoms with Crippen molar-refractivity contribution in [2.24, 2.45) is 0 Å². The van der Waals surface area contributed by atoms with Gasteiger partial charge in [0.1, 0.15) is 0 Å². The highest BCUT2D eigenvalue weighted by Gasteiger charge is 2.11. The van der Waals surface area contributed by atoms with Crippen molar-refractivity contribution >= 4 is 23.1 Å². The molecule has 0 aliphatic rings. The third-order valence-corrected chi connectivity index (χ3v) is 4.67. The SMILES string of the molecule is CSCCCCCCNC(C)c1nc(C)sc1C. The molecular formula is C14H26N2S2. The number of hydrogen-bond donors (Lipinski definition) is 1. The second-order valence-corrected chi connectivity index (χ2v) is 7.15. The van der Waals surface area contributed by atoms with Crippen LogP contribution in [0.4, 0.5) is 0 Å². The van der Waals surface area contributed by atoms with Crippen molar-refractivity contribution in [3.63, 3.8) is 0 Å². The summed E-state index contributed by atoms with van der Waals surface area (Å²) < 4.78 is 0. The first kappa shape index (κ1) is 16.0. The van der Waals surface area contributed by atoms with E-state index in [0.717, 1.165) is 6.54 Å². The van der Waals surface area contributed by atoms with Gasteiger partial charge in [-0.05, 0) is 52.2 Å². The van der Waals surface area contributed by atoms with Gasteiger partial charge < -0.3 is 5.32 Å². The van der Waals surface area contributed by atoms with Crippen LogP contribution in [0.15, 0.2) is 0 Å². The molecule has 18 heavy (non-hydrogen) atoms. The van der Waals surface area contributed by atoms with E-state index in [1.807, 2.05) is 11.8 Å². The van der Waals surface area contributed by atoms with Gasteiger partial charge in [0.2, 0.25) is 0 Å². The molecule has 0 aliphatic carbocycles. The second kappa shape index (κ2) is 8.94. The summed E-state index contributed by atoms with van der Waals surface area (Å²) in [5.74, 6) is 1.31. The summed E-state index contributed by atoms with van der Waals surface area (Å²) >= 11 is 3.75. The van der Waals surface area contributed by atoms with Crippen molar-refractivity contribution in [2.75, 3.05) is 18.6 Å². The minimum Gasteiger partial charge on any atom is -0.309 e. The predicted octanol–water partition coefficient (Wildman–Crippen LogP) is 4.33. The van der Waals surface area contributed by atoms with Crippen molar-refractivity contribution < 1.29 is 0 Å². The molecule has 1 heterocycles. The highest BCUT2D eigenvalue weighted by molar-refractivity contribution is 7.98. The molecule has 1 aromatic heterocycles. The Morgan fingerprint density at radius 3 is 2.56 bits per heavy atom. The third kappa shape index (κ3) is 5.72. The highest BCUT2D eigenvalue weighted by atomic mass is 32.2. The lowest BCUT2D eigenvalue weighted by atomic mass is 10.2. The largest absolute Gasteiger partial charge is 0.309 e. The normalized spacial score (nSPS) is 12.9. The Morgan fingerprint density at radius 2 is 1.94 bits per heavy atom. The van der Waals surface area contributed by atoms with E-state index in [2.05, 4.69) is 37.3 Å². The van der Waals surface area contributed by atoms with E-state index in [1.54, 1.807) is 11.3 Å². The van der Waals surface area contributed by atoms with Crippen LogP contribution in [0, 0.1) is 13.8 Å². The quantitative estimate of drug-likeness (QED) is 0.684. The molecular weight excluding hydrogens is 260 g/mol. The minimum atomic E-state index is 0.390. The van der Waals surface area contributed by atoms with E-state index >= 15 is 0 Å². The zero-order valence-electron chi connectivity index (χ0n) is 12.1. The smallest absolute Gasteiger partial charge is 0.0900 e. The predicted molar refractivity (Wildman–Crippen MR) is 84.9 cm³/mol. The molecule has 1 rings (SSSR count). The molecule has 4 heteroatoms. The topological polar surface area (TPSA) is 24.9 Å². The summed E-state index contributed by atoms with van der Waals surface area (Å²) in [5.41, 5.74) is 1.24. The molecule has 1 unspecified atom stereocenters. The zero-order valence-corrected chi connectivity index (χ0v) is 13.7. The van der Waals surface area contributed by atoms with Gasteiger partial charge in [-0.1, -0.05) is 12.8 Å². The van der Waals surface area contributed by atoms with Crippen LogP contribution in [-0.4, -0.2) is 23.5 Å². The van der Waals surface area contributed by atoms with Gasteiger partial charge in [0.05, 0.1) is 10.7 Å². The summed E-state index contributed by atoms with van der Waals surface area (Å²) in [4.78, 5) is 5.96. The molecule has 2 nitrogen and oxygen atoms in total. The standard InChI is InChI=1S/C14H26N2S2/c1-11(14-12(2)18-13(3)16-14)15-9-7-5-6-8-10-17-4/h11,15H,5-10H2,1-4H3. The number of rotatable bonds is 9. The van der Waals surface area contributed by atoms with Gasteiger partial charge in [-0.3, -0.25) is 0 Å². The summed E-state index contributed by atoms with van der Waals surface area (Å²) in [6.07, 6.45) is 7.53. The van der Waals surface area contributed by atoms with E-state index in [9.17, 15) is 0 Å². The van der Waals surface area contributed by atoms with E-state index in [0.29, 0.717) is 6.04 Å². The van der Waals surface area contributed by atoms with Crippen molar-refractivity contribution in [1.82, 2.24) is 10.3 Å². The number of aromatic nitrogens is 1. The number of aryl methyl sites for hydroxylation is 2. The van der Waals surface area contributed by atoms with Crippen molar-refractivity contribution in [3.05, 3.63) is 15.6 Å². The number of unbranched alkanes of at least 4 members (excludes halogenated alkanes) is 3. The van der Waals surface area contributed by atoms with Crippen LogP contribution in [0.5, 0.6) is 0 Å². The number of hydrogen-bond acceptors (Lipinski definition) is 4. The van der Waals surface area contributed by atoms with Crippen LogP contribution in [-0.2, 0) is 0 Å². The van der Waals surface area contributed by atoms with E-state index < -0.39 is 0 Å². The van der Waals surface area contributed by atoms with Crippen LogP contribution in [0.1, 0.15) is 54.2 Å². The lowest BCUT2D eigenvalue weighted by Gasteiger charge is -2.12. The van der Waals surface area contributed by atoms with Crippen molar-refractivity contribution in [2.45, 2.75) is 52.5 Å². The van der Waals surface area contributed by atoms with Gasteiger partial charge in [0, 0.05) is 10.9 Å². The molecule has 0 aliphatic heterocycles. The number of nitrogens with one attached hydrogen (secondary N) is 1.